The van der Waals surface area contributed by atoms with Crippen LogP contribution in [-0.2, 0) is 4.79 Å². The minimum absolute atomic E-state index is 0.0524. The van der Waals surface area contributed by atoms with E-state index >= 15 is 0 Å². The summed E-state index contributed by atoms with van der Waals surface area (Å²) >= 11 is 0. The van der Waals surface area contributed by atoms with Gasteiger partial charge < -0.3 is 15.3 Å². The van der Waals surface area contributed by atoms with Crippen LogP contribution in [0.2, 0.25) is 0 Å². The molecular weight excluding hydrogens is 244 g/mol. The van der Waals surface area contributed by atoms with Gasteiger partial charge >= 0.3 is 12.0 Å². The maximum atomic E-state index is 12.3. The van der Waals surface area contributed by atoms with Gasteiger partial charge in [-0.15, -0.1) is 0 Å². The van der Waals surface area contributed by atoms with E-state index in [0.717, 1.165) is 25.8 Å². The first kappa shape index (κ1) is 14.2. The summed E-state index contributed by atoms with van der Waals surface area (Å²) in [4.78, 5) is 25.4. The van der Waals surface area contributed by atoms with Crippen LogP contribution in [0, 0.1) is 11.8 Å². The van der Waals surface area contributed by atoms with Gasteiger partial charge in [-0.25, -0.2) is 9.59 Å². The molecule has 2 atom stereocenters. The van der Waals surface area contributed by atoms with Crippen molar-refractivity contribution in [2.75, 3.05) is 6.54 Å². The number of carboxylic acid groups (broad SMARTS) is 1. The van der Waals surface area contributed by atoms with Crippen molar-refractivity contribution in [1.82, 2.24) is 10.2 Å². The van der Waals surface area contributed by atoms with E-state index in [9.17, 15) is 14.7 Å². The maximum Gasteiger partial charge on any atom is 0.326 e. The van der Waals surface area contributed by atoms with Crippen LogP contribution in [0.15, 0.2) is 0 Å². The zero-order valence-electron chi connectivity index (χ0n) is 11.8. The number of aliphatic carboxylic acids is 1. The van der Waals surface area contributed by atoms with E-state index in [-0.39, 0.29) is 11.9 Å². The quantitative estimate of drug-likeness (QED) is 0.742. The van der Waals surface area contributed by atoms with Crippen LogP contribution in [0.5, 0.6) is 0 Å². The fraction of sp³-hybridized carbons (Fsp3) is 0.857. The number of carbonyl (C=O) groups is 2. The summed E-state index contributed by atoms with van der Waals surface area (Å²) < 4.78 is 0. The number of carboxylic acids is 1. The molecule has 2 saturated carbocycles. The van der Waals surface area contributed by atoms with Crippen LogP contribution in [-0.4, -0.2) is 40.6 Å². The number of carbonyl (C=O) groups excluding carboxylic acids is 1. The highest BCUT2D eigenvalue weighted by Crippen LogP contribution is 2.34. The highest BCUT2D eigenvalue weighted by Gasteiger charge is 2.38. The van der Waals surface area contributed by atoms with Gasteiger partial charge in [-0.3, -0.25) is 0 Å². The van der Waals surface area contributed by atoms with Crippen molar-refractivity contribution in [3.63, 3.8) is 0 Å². The van der Waals surface area contributed by atoms with Crippen molar-refractivity contribution in [1.29, 1.82) is 0 Å². The molecule has 0 spiro atoms. The molecule has 2 aliphatic rings. The van der Waals surface area contributed by atoms with E-state index in [1.54, 1.807) is 0 Å². The Morgan fingerprint density at radius 1 is 1.32 bits per heavy atom. The molecular formula is C14H24N2O3. The van der Waals surface area contributed by atoms with Crippen molar-refractivity contribution >= 4 is 12.0 Å². The molecule has 0 saturated heterocycles. The second-order valence-electron chi connectivity index (χ2n) is 5.98. The molecule has 0 aromatic heterocycles. The van der Waals surface area contributed by atoms with Crippen LogP contribution in [0.25, 0.3) is 0 Å². The Balaban J connectivity index is 1.93. The first-order valence-electron chi connectivity index (χ1n) is 7.32. The Kier molecular flexibility index (Phi) is 4.32. The number of rotatable bonds is 7. The zero-order valence-corrected chi connectivity index (χ0v) is 11.8. The summed E-state index contributed by atoms with van der Waals surface area (Å²) in [5.41, 5.74) is 0. The van der Waals surface area contributed by atoms with E-state index in [1.807, 2.05) is 18.7 Å². The lowest BCUT2D eigenvalue weighted by atomic mass is 9.99. The molecule has 5 nitrogen and oxygen atoms in total. The predicted molar refractivity (Wildman–Crippen MR) is 71.9 cm³/mol. The van der Waals surface area contributed by atoms with Gasteiger partial charge in [-0.1, -0.05) is 20.3 Å². The summed E-state index contributed by atoms with van der Waals surface area (Å²) in [7, 11) is 0. The summed E-state index contributed by atoms with van der Waals surface area (Å²) in [5.74, 6) is -0.355. The monoisotopic (exact) mass is 268 g/mol. The van der Waals surface area contributed by atoms with E-state index in [4.69, 9.17) is 0 Å². The third kappa shape index (κ3) is 3.85. The third-order valence-corrected chi connectivity index (χ3v) is 4.16. The van der Waals surface area contributed by atoms with Gasteiger partial charge in [0, 0.05) is 12.6 Å². The highest BCUT2D eigenvalue weighted by atomic mass is 16.4. The molecule has 2 aliphatic carbocycles. The average molecular weight is 268 g/mol. The molecule has 5 heteroatoms. The van der Waals surface area contributed by atoms with Gasteiger partial charge in [0.1, 0.15) is 6.04 Å². The molecule has 19 heavy (non-hydrogen) atoms. The minimum atomic E-state index is -0.940. The molecule has 2 N–H and O–H groups in total. The summed E-state index contributed by atoms with van der Waals surface area (Å²) in [6.07, 6.45) is 5.25. The Labute approximate surface area is 114 Å². The van der Waals surface area contributed by atoms with Gasteiger partial charge in [0.2, 0.25) is 0 Å². The van der Waals surface area contributed by atoms with E-state index in [2.05, 4.69) is 5.32 Å². The SMILES string of the molecule is CCC(C)[C@H](NC(=O)N(CC1CC1)C1CC1)C(=O)O. The molecule has 0 aromatic rings. The topological polar surface area (TPSA) is 69.6 Å². The summed E-state index contributed by atoms with van der Waals surface area (Å²) in [5, 5.41) is 11.9. The molecule has 2 fully saturated rings. The van der Waals surface area contributed by atoms with Crippen molar-refractivity contribution in [3.8, 4) is 0 Å². The minimum Gasteiger partial charge on any atom is -0.480 e. The highest BCUT2D eigenvalue weighted by molar-refractivity contribution is 5.83. The second kappa shape index (κ2) is 5.80. The first-order chi connectivity index (χ1) is 9.02. The van der Waals surface area contributed by atoms with E-state index in [1.165, 1.54) is 12.8 Å². The average Bonchev–Trinajstić information content (AvgIpc) is 3.24. The molecule has 0 bridgehead atoms. The molecule has 0 aromatic carbocycles. The van der Waals surface area contributed by atoms with E-state index < -0.39 is 12.0 Å². The number of hydrogen-bond donors (Lipinski definition) is 2. The number of amides is 2. The molecule has 0 radical (unpaired) electrons. The lowest BCUT2D eigenvalue weighted by Gasteiger charge is -2.27. The van der Waals surface area contributed by atoms with Crippen molar-refractivity contribution < 1.29 is 14.7 Å². The number of nitrogens with zero attached hydrogens (tertiary/aromatic N) is 1. The molecule has 108 valence electrons. The predicted octanol–water partition coefficient (Wildman–Crippen LogP) is 2.07. The number of hydrogen-bond acceptors (Lipinski definition) is 2. The van der Waals surface area contributed by atoms with Crippen molar-refractivity contribution in [3.05, 3.63) is 0 Å². The normalized spacial score (nSPS) is 21.6. The first-order valence-corrected chi connectivity index (χ1v) is 7.32. The standard InChI is InChI=1S/C14H24N2O3/c1-3-9(2)12(13(17)18)15-14(19)16(11-6-7-11)8-10-4-5-10/h9-12H,3-8H2,1-2H3,(H,15,19)(H,17,18)/t9?,12-/m0/s1. The van der Waals surface area contributed by atoms with Gasteiger partial charge in [-0.2, -0.15) is 0 Å². The molecule has 2 rings (SSSR count). The van der Waals surface area contributed by atoms with Crippen LogP contribution < -0.4 is 5.32 Å². The van der Waals surface area contributed by atoms with Crippen LogP contribution in [0.3, 0.4) is 0 Å². The fourth-order valence-electron chi connectivity index (χ4n) is 2.26. The van der Waals surface area contributed by atoms with Gasteiger partial charge in [0.15, 0.2) is 0 Å². The van der Waals surface area contributed by atoms with Gasteiger partial charge in [-0.05, 0) is 37.5 Å². The Bertz CT molecular complexity index is 351. The van der Waals surface area contributed by atoms with Crippen molar-refractivity contribution in [2.24, 2.45) is 11.8 Å². The second-order valence-corrected chi connectivity index (χ2v) is 5.98. The smallest absolute Gasteiger partial charge is 0.326 e. The van der Waals surface area contributed by atoms with Gasteiger partial charge in [0.25, 0.3) is 0 Å². The Morgan fingerprint density at radius 3 is 2.37 bits per heavy atom. The molecule has 0 aliphatic heterocycles. The fourth-order valence-corrected chi connectivity index (χ4v) is 2.26. The lowest BCUT2D eigenvalue weighted by Crippen LogP contribution is -2.51. The maximum absolute atomic E-state index is 12.3. The Hall–Kier alpha value is -1.26. The van der Waals surface area contributed by atoms with Crippen LogP contribution >= 0.6 is 0 Å². The number of urea groups is 1. The van der Waals surface area contributed by atoms with Crippen LogP contribution in [0.1, 0.15) is 46.0 Å². The largest absolute Gasteiger partial charge is 0.480 e. The zero-order chi connectivity index (χ0) is 14.0. The Morgan fingerprint density at radius 2 is 1.95 bits per heavy atom. The third-order valence-electron chi connectivity index (χ3n) is 4.16. The van der Waals surface area contributed by atoms with E-state index in [0.29, 0.717) is 12.0 Å². The van der Waals surface area contributed by atoms with Gasteiger partial charge in [0.05, 0.1) is 0 Å². The van der Waals surface area contributed by atoms with Crippen molar-refractivity contribution in [2.45, 2.75) is 58.0 Å². The molecule has 2 amide bonds. The number of nitrogens with one attached hydrogen (secondary N) is 1. The molecule has 0 heterocycles. The molecule has 1 unspecified atom stereocenters. The summed E-state index contributed by atoms with van der Waals surface area (Å²) in [6.45, 7) is 4.60. The summed E-state index contributed by atoms with van der Waals surface area (Å²) in [6, 6.07) is -0.632. The lowest BCUT2D eigenvalue weighted by molar-refractivity contribution is -0.140. The van der Waals surface area contributed by atoms with Crippen LogP contribution in [0.4, 0.5) is 4.79 Å².